The third kappa shape index (κ3) is 3.93. The zero-order chi connectivity index (χ0) is 18.0. The largest absolute Gasteiger partial charge is 0.354 e. The normalized spacial score (nSPS) is 16.0. The Hall–Kier alpha value is -1.73. The molecule has 3 heterocycles. The molecule has 0 unspecified atom stereocenters. The molecule has 6 nitrogen and oxygen atoms in total. The number of pyridine rings is 1. The summed E-state index contributed by atoms with van der Waals surface area (Å²) in [5.41, 5.74) is 0. The summed E-state index contributed by atoms with van der Waals surface area (Å²) in [6.45, 7) is 5.25. The van der Waals surface area contributed by atoms with Gasteiger partial charge in [-0.15, -0.1) is 10.2 Å². The van der Waals surface area contributed by atoms with E-state index in [4.69, 9.17) is 11.6 Å². The van der Waals surface area contributed by atoms with Crippen molar-refractivity contribution < 1.29 is 4.39 Å². The molecule has 0 amide bonds. The van der Waals surface area contributed by atoms with E-state index in [1.807, 2.05) is 19.0 Å². The first-order valence-corrected chi connectivity index (χ1v) is 9.00. The van der Waals surface area contributed by atoms with Crippen molar-refractivity contribution in [2.24, 2.45) is 0 Å². The maximum Gasteiger partial charge on any atom is 0.167 e. The van der Waals surface area contributed by atoms with E-state index in [0.717, 1.165) is 50.7 Å². The Morgan fingerprint density at radius 3 is 2.60 bits per heavy atom. The molecule has 8 heteroatoms. The second-order valence-electron chi connectivity index (χ2n) is 6.68. The van der Waals surface area contributed by atoms with E-state index in [1.165, 1.54) is 12.3 Å². The molecule has 1 aliphatic rings. The lowest BCUT2D eigenvalue weighted by Gasteiger charge is -2.32. The zero-order valence-electron chi connectivity index (χ0n) is 14.9. The van der Waals surface area contributed by atoms with Crippen LogP contribution in [0.1, 0.15) is 37.3 Å². The highest BCUT2D eigenvalue weighted by atomic mass is 35.5. The second-order valence-corrected chi connectivity index (χ2v) is 7.11. The van der Waals surface area contributed by atoms with Gasteiger partial charge in [-0.25, -0.2) is 9.37 Å². The fraction of sp³-hybridized carbons (Fsp3) is 0.588. The molecule has 25 heavy (non-hydrogen) atoms. The van der Waals surface area contributed by atoms with Crippen molar-refractivity contribution >= 4 is 17.4 Å². The number of hydrogen-bond donors (Lipinski definition) is 0. The number of piperidine rings is 1. The van der Waals surface area contributed by atoms with Crippen LogP contribution in [0.4, 0.5) is 10.2 Å². The number of halogens is 2. The fourth-order valence-electron chi connectivity index (χ4n) is 3.39. The molecule has 3 rings (SSSR count). The van der Waals surface area contributed by atoms with Gasteiger partial charge in [0.25, 0.3) is 0 Å². The highest BCUT2D eigenvalue weighted by molar-refractivity contribution is 6.30. The van der Waals surface area contributed by atoms with Crippen LogP contribution in [0.15, 0.2) is 12.3 Å². The summed E-state index contributed by atoms with van der Waals surface area (Å²) in [6.07, 6.45) is 3.31. The third-order valence-electron chi connectivity index (χ3n) is 4.58. The average Bonchev–Trinajstić information content (AvgIpc) is 2.97. The van der Waals surface area contributed by atoms with Crippen LogP contribution in [0.3, 0.4) is 0 Å². The molecule has 1 aliphatic heterocycles. The number of aromatic nitrogens is 4. The summed E-state index contributed by atoms with van der Waals surface area (Å²) in [5.74, 6) is 2.40. The van der Waals surface area contributed by atoms with E-state index in [9.17, 15) is 4.39 Å². The van der Waals surface area contributed by atoms with Gasteiger partial charge in [0.1, 0.15) is 11.6 Å². The van der Waals surface area contributed by atoms with Gasteiger partial charge in [0.05, 0.1) is 11.6 Å². The van der Waals surface area contributed by atoms with E-state index in [-0.39, 0.29) is 5.82 Å². The molecule has 0 atom stereocenters. The number of nitrogens with zero attached hydrogens (tertiary/aromatic N) is 6. The second kappa shape index (κ2) is 7.66. The van der Waals surface area contributed by atoms with Crippen LogP contribution >= 0.6 is 11.6 Å². The molecular weight excluding hydrogens is 343 g/mol. The quantitative estimate of drug-likeness (QED) is 0.814. The maximum atomic E-state index is 14.1. The Morgan fingerprint density at radius 1 is 1.28 bits per heavy atom. The highest BCUT2D eigenvalue weighted by Gasteiger charge is 2.27. The summed E-state index contributed by atoms with van der Waals surface area (Å²) < 4.78 is 16.3. The molecule has 0 saturated carbocycles. The Bertz CT molecular complexity index is 724. The van der Waals surface area contributed by atoms with E-state index in [2.05, 4.69) is 31.6 Å². The van der Waals surface area contributed by atoms with Crippen LogP contribution in [0.5, 0.6) is 0 Å². The predicted octanol–water partition coefficient (Wildman–Crippen LogP) is 2.93. The molecule has 2 aromatic rings. The van der Waals surface area contributed by atoms with Crippen LogP contribution in [0, 0.1) is 5.82 Å². The van der Waals surface area contributed by atoms with Crippen molar-refractivity contribution in [3.8, 4) is 0 Å². The van der Waals surface area contributed by atoms with Gasteiger partial charge in [-0.3, -0.25) is 0 Å². The van der Waals surface area contributed by atoms with Gasteiger partial charge in [0, 0.05) is 31.7 Å². The minimum Gasteiger partial charge on any atom is -0.354 e. The third-order valence-corrected chi connectivity index (χ3v) is 4.78. The van der Waals surface area contributed by atoms with E-state index in [1.54, 1.807) is 0 Å². The lowest BCUT2D eigenvalue weighted by molar-refractivity contribution is 0.377. The van der Waals surface area contributed by atoms with Crippen molar-refractivity contribution in [2.75, 3.05) is 32.1 Å². The van der Waals surface area contributed by atoms with Crippen molar-refractivity contribution in [3.05, 3.63) is 34.8 Å². The van der Waals surface area contributed by atoms with E-state index >= 15 is 0 Å². The van der Waals surface area contributed by atoms with Crippen LogP contribution in [-0.4, -0.2) is 51.8 Å². The maximum absolute atomic E-state index is 14.1. The minimum absolute atomic E-state index is 0.320. The monoisotopic (exact) mass is 366 g/mol. The topological polar surface area (TPSA) is 50.1 Å². The first-order chi connectivity index (χ1) is 12.0. The average molecular weight is 367 g/mol. The predicted molar refractivity (Wildman–Crippen MR) is 96.5 cm³/mol. The van der Waals surface area contributed by atoms with Gasteiger partial charge in [0.15, 0.2) is 11.6 Å². The molecule has 0 aliphatic carbocycles. The SMILES string of the molecule is CCn1c(CN(C)C)nnc1C1CCN(c2ncc(Cl)cc2F)CC1. The van der Waals surface area contributed by atoms with Crippen LogP contribution < -0.4 is 4.90 Å². The van der Waals surface area contributed by atoms with Crippen molar-refractivity contribution in [2.45, 2.75) is 38.8 Å². The Kier molecular flexibility index (Phi) is 5.54. The van der Waals surface area contributed by atoms with Crippen LogP contribution in [0.2, 0.25) is 5.02 Å². The summed E-state index contributed by atoms with van der Waals surface area (Å²) >= 11 is 5.79. The standard InChI is InChI=1S/C17H24ClFN6/c1-4-25-15(11-23(2)3)21-22-16(25)12-5-7-24(8-6-12)17-14(19)9-13(18)10-20-17/h9-10,12H,4-8,11H2,1-3H3. The molecule has 0 radical (unpaired) electrons. The van der Waals surface area contributed by atoms with E-state index < -0.39 is 0 Å². The fourth-order valence-corrected chi connectivity index (χ4v) is 3.53. The Labute approximate surface area is 152 Å². The van der Waals surface area contributed by atoms with Gasteiger partial charge >= 0.3 is 0 Å². The van der Waals surface area contributed by atoms with Gasteiger partial charge in [-0.2, -0.15) is 0 Å². The summed E-state index contributed by atoms with van der Waals surface area (Å²) in [7, 11) is 4.06. The molecule has 0 spiro atoms. The molecule has 1 saturated heterocycles. The molecule has 0 aromatic carbocycles. The first kappa shape index (κ1) is 18.1. The van der Waals surface area contributed by atoms with E-state index in [0.29, 0.717) is 16.8 Å². The number of hydrogen-bond acceptors (Lipinski definition) is 5. The highest BCUT2D eigenvalue weighted by Crippen LogP contribution is 2.30. The number of rotatable bonds is 5. The van der Waals surface area contributed by atoms with Crippen LogP contribution in [0.25, 0.3) is 0 Å². The molecule has 0 N–H and O–H groups in total. The molecule has 0 bridgehead atoms. The number of anilines is 1. The summed E-state index contributed by atoms with van der Waals surface area (Å²) in [6, 6.07) is 1.32. The molecule has 1 fully saturated rings. The lowest BCUT2D eigenvalue weighted by atomic mass is 9.96. The van der Waals surface area contributed by atoms with Crippen LogP contribution in [-0.2, 0) is 13.1 Å². The zero-order valence-corrected chi connectivity index (χ0v) is 15.7. The van der Waals surface area contributed by atoms with Crippen molar-refractivity contribution in [3.63, 3.8) is 0 Å². The first-order valence-electron chi connectivity index (χ1n) is 8.62. The lowest BCUT2D eigenvalue weighted by Crippen LogP contribution is -2.35. The summed E-state index contributed by atoms with van der Waals surface area (Å²) in [5, 5.41) is 9.15. The van der Waals surface area contributed by atoms with Gasteiger partial charge in [-0.1, -0.05) is 11.6 Å². The smallest absolute Gasteiger partial charge is 0.167 e. The van der Waals surface area contributed by atoms with Gasteiger partial charge in [-0.05, 0) is 39.9 Å². The van der Waals surface area contributed by atoms with Crippen molar-refractivity contribution in [1.29, 1.82) is 0 Å². The summed E-state index contributed by atoms with van der Waals surface area (Å²) in [4.78, 5) is 8.23. The minimum atomic E-state index is -0.365. The molecular formula is C17H24ClFN6. The Balaban J connectivity index is 1.71. The molecule has 2 aromatic heterocycles. The van der Waals surface area contributed by atoms with Gasteiger partial charge < -0.3 is 14.4 Å². The van der Waals surface area contributed by atoms with Gasteiger partial charge in [0.2, 0.25) is 0 Å². The van der Waals surface area contributed by atoms with Crippen molar-refractivity contribution in [1.82, 2.24) is 24.6 Å². The molecule has 136 valence electrons. The Morgan fingerprint density at radius 2 is 2.00 bits per heavy atom.